The molecular weight excluding hydrogens is 878 g/mol. The number of carbonyl (C=O) groups excluding carboxylic acids is 4. The van der Waals surface area contributed by atoms with Gasteiger partial charge in [-0.1, -0.05) is 58.5 Å². The van der Waals surface area contributed by atoms with Crippen molar-refractivity contribution in [2.24, 2.45) is 0 Å². The Labute approximate surface area is 377 Å². The molecule has 0 saturated heterocycles. The van der Waals surface area contributed by atoms with E-state index >= 15 is 0 Å². The van der Waals surface area contributed by atoms with Gasteiger partial charge in [-0.15, -0.1) is 0 Å². The average Bonchev–Trinajstić information content (AvgIpc) is 3.20. The topological polar surface area (TPSA) is 205 Å². The van der Waals surface area contributed by atoms with Crippen LogP contribution in [0.3, 0.4) is 0 Å². The smallest absolute Gasteiger partial charge is 0.255 e. The highest BCUT2D eigenvalue weighted by Gasteiger charge is 2.18. The Bertz CT molecular complexity index is 2490. The molecule has 5 rings (SSSR count). The molecule has 0 atom stereocenters. The number of aliphatic hydroxyl groups is 2. The van der Waals surface area contributed by atoms with Crippen LogP contribution in [0.1, 0.15) is 56.8 Å². The van der Waals surface area contributed by atoms with Gasteiger partial charge in [-0.05, 0) is 123 Å². The van der Waals surface area contributed by atoms with Crippen molar-refractivity contribution in [3.63, 3.8) is 0 Å². The Kier molecular flexibility index (Phi) is 15.2. The summed E-state index contributed by atoms with van der Waals surface area (Å²) in [5, 5.41) is 34.6. The minimum atomic E-state index is -0.529. The summed E-state index contributed by atoms with van der Waals surface area (Å²) >= 11 is 25.1. The summed E-state index contributed by atoms with van der Waals surface area (Å²) in [7, 11) is 0. The monoisotopic (exact) mass is 918 g/mol. The molecule has 10 N–H and O–H groups in total. The highest BCUT2D eigenvalue weighted by molar-refractivity contribution is 6.34. The highest BCUT2D eigenvalue weighted by Crippen LogP contribution is 2.29. The van der Waals surface area contributed by atoms with Crippen molar-refractivity contribution in [1.29, 1.82) is 0 Å². The first-order valence-electron chi connectivity index (χ1n) is 18.6. The second-order valence-electron chi connectivity index (χ2n) is 14.0. The molecule has 0 aliphatic heterocycles. The van der Waals surface area contributed by atoms with Gasteiger partial charge in [0.25, 0.3) is 11.8 Å². The number of rotatable bonds is 16. The van der Waals surface area contributed by atoms with E-state index in [0.29, 0.717) is 55.3 Å². The molecular formula is C44H42Cl4N8O6. The summed E-state index contributed by atoms with van der Waals surface area (Å²) in [6.07, 6.45) is 0. The SMILES string of the molecule is CC(=O)/C(NNc1ccc(C(=O)Nc2cc(Cl)ccc2C)cc1Cl)=C(/O)Nc1cc(C)c(N/C(O)=C(/NNc2ccc(C(=O)Nc3cc(Cl)ccc3C)cc2Cl)C(C)=O)cc1C. The van der Waals surface area contributed by atoms with Crippen LogP contribution in [0.2, 0.25) is 20.1 Å². The van der Waals surface area contributed by atoms with Crippen LogP contribution in [0.5, 0.6) is 0 Å². The quantitative estimate of drug-likeness (QED) is 0.0255. The molecule has 0 aromatic heterocycles. The summed E-state index contributed by atoms with van der Waals surface area (Å²) in [5.41, 5.74) is 16.4. The molecule has 0 saturated carbocycles. The molecule has 322 valence electrons. The molecule has 5 aromatic rings. The third kappa shape index (κ3) is 11.8. The number of amides is 2. The maximum atomic E-state index is 12.9. The zero-order valence-corrected chi connectivity index (χ0v) is 37.1. The second-order valence-corrected chi connectivity index (χ2v) is 15.7. The lowest BCUT2D eigenvalue weighted by atomic mass is 10.1. The molecule has 14 nitrogen and oxygen atoms in total. The molecule has 0 radical (unpaired) electrons. The fourth-order valence-corrected chi connectivity index (χ4v) is 6.52. The van der Waals surface area contributed by atoms with Crippen molar-refractivity contribution in [3.8, 4) is 0 Å². The van der Waals surface area contributed by atoms with E-state index in [2.05, 4.69) is 43.0 Å². The minimum absolute atomic E-state index is 0.152. The van der Waals surface area contributed by atoms with E-state index in [1.54, 1.807) is 62.4 Å². The number of halogens is 4. The maximum absolute atomic E-state index is 12.9. The van der Waals surface area contributed by atoms with Crippen LogP contribution in [-0.2, 0) is 9.59 Å². The number of nitrogens with one attached hydrogen (secondary N) is 8. The lowest BCUT2D eigenvalue weighted by molar-refractivity contribution is -0.114. The number of aliphatic hydroxyl groups excluding tert-OH is 2. The lowest BCUT2D eigenvalue weighted by Gasteiger charge is -2.19. The first kappa shape index (κ1) is 46.5. The molecule has 2 amide bonds. The first-order chi connectivity index (χ1) is 29.3. The van der Waals surface area contributed by atoms with Gasteiger partial charge in [0.2, 0.25) is 11.8 Å². The molecule has 0 spiro atoms. The number of hydrogen-bond acceptors (Lipinski definition) is 12. The first-order valence-corrected chi connectivity index (χ1v) is 20.1. The fourth-order valence-electron chi connectivity index (χ4n) is 5.72. The maximum Gasteiger partial charge on any atom is 0.255 e. The van der Waals surface area contributed by atoms with E-state index in [1.165, 1.54) is 50.2 Å². The molecule has 0 aliphatic rings. The van der Waals surface area contributed by atoms with E-state index in [9.17, 15) is 29.4 Å². The number of Topliss-reactive ketones (excluding diaryl/α,β-unsaturated/α-hetero) is 2. The summed E-state index contributed by atoms with van der Waals surface area (Å²) in [6.45, 7) is 9.61. The molecule has 62 heavy (non-hydrogen) atoms. The Morgan fingerprint density at radius 2 is 0.790 bits per heavy atom. The van der Waals surface area contributed by atoms with Crippen LogP contribution in [-0.4, -0.2) is 33.6 Å². The van der Waals surface area contributed by atoms with Gasteiger partial charge >= 0.3 is 0 Å². The Balaban J connectivity index is 1.24. The number of aryl methyl sites for hydroxylation is 4. The van der Waals surface area contributed by atoms with Gasteiger partial charge in [-0.25, -0.2) is 0 Å². The van der Waals surface area contributed by atoms with E-state index in [-0.39, 0.29) is 32.6 Å². The predicted octanol–water partition coefficient (Wildman–Crippen LogP) is 10.7. The molecule has 0 fully saturated rings. The Morgan fingerprint density at radius 3 is 1.13 bits per heavy atom. The third-order valence-corrected chi connectivity index (χ3v) is 10.4. The van der Waals surface area contributed by atoms with Crippen molar-refractivity contribution in [2.75, 3.05) is 32.1 Å². The summed E-state index contributed by atoms with van der Waals surface area (Å²) in [4.78, 5) is 51.0. The average molecular weight is 921 g/mol. The van der Waals surface area contributed by atoms with E-state index in [1.807, 2.05) is 13.8 Å². The Hall–Kier alpha value is -6.58. The standard InChI is InChI=1S/C44H42Cl4N8O6/c1-21-7-11-29(45)19-37(21)49-41(59)27-9-13-33(31(47)17-27)53-55-39(25(5)57)43(61)51-35-15-24(4)36(16-23(35)3)52-44(62)40(26(6)58)56-54-34-14-10-28(18-32(34)48)42(60)50-38-20-30(46)12-8-22(38)2/h7-20,51-56,61-62H,1-6H3,(H,49,59)(H,50,60)/b43-39-,44-40-. The van der Waals surface area contributed by atoms with E-state index in [4.69, 9.17) is 46.4 Å². The van der Waals surface area contributed by atoms with Crippen LogP contribution in [0.15, 0.2) is 108 Å². The minimum Gasteiger partial charge on any atom is -0.493 e. The van der Waals surface area contributed by atoms with Gasteiger partial charge in [0.15, 0.2) is 23.0 Å². The predicted molar refractivity (Wildman–Crippen MR) is 249 cm³/mol. The van der Waals surface area contributed by atoms with Crippen molar-refractivity contribution in [2.45, 2.75) is 41.5 Å². The third-order valence-electron chi connectivity index (χ3n) is 9.26. The number of anilines is 6. The number of hydrogen-bond donors (Lipinski definition) is 10. The zero-order valence-electron chi connectivity index (χ0n) is 34.1. The van der Waals surface area contributed by atoms with Crippen LogP contribution in [0.4, 0.5) is 34.1 Å². The zero-order chi connectivity index (χ0) is 45.4. The van der Waals surface area contributed by atoms with Gasteiger partial charge in [-0.3, -0.25) is 40.9 Å². The van der Waals surface area contributed by atoms with Gasteiger partial charge in [0.1, 0.15) is 0 Å². The highest BCUT2D eigenvalue weighted by atomic mass is 35.5. The lowest BCUT2D eigenvalue weighted by Crippen LogP contribution is -2.29. The molecule has 0 bridgehead atoms. The van der Waals surface area contributed by atoms with Crippen LogP contribution in [0, 0.1) is 27.7 Å². The number of carbonyl (C=O) groups is 4. The summed E-state index contributed by atoms with van der Waals surface area (Å²) in [6, 6.07) is 22.6. The van der Waals surface area contributed by atoms with E-state index < -0.39 is 35.1 Å². The molecule has 5 aromatic carbocycles. The fraction of sp³-hybridized carbons (Fsp3) is 0.136. The largest absolute Gasteiger partial charge is 0.493 e. The van der Waals surface area contributed by atoms with E-state index in [0.717, 1.165) is 11.1 Å². The summed E-state index contributed by atoms with van der Waals surface area (Å²) < 4.78 is 0. The second kappa shape index (κ2) is 20.3. The van der Waals surface area contributed by atoms with Crippen LogP contribution >= 0.6 is 46.4 Å². The number of benzene rings is 5. The summed E-state index contributed by atoms with van der Waals surface area (Å²) in [5.74, 6) is -2.91. The van der Waals surface area contributed by atoms with Gasteiger partial charge in [-0.2, -0.15) is 0 Å². The van der Waals surface area contributed by atoms with Crippen molar-refractivity contribution in [3.05, 3.63) is 162 Å². The molecule has 0 aliphatic carbocycles. The van der Waals surface area contributed by atoms with Gasteiger partial charge in [0.05, 0.1) is 21.4 Å². The molecule has 18 heteroatoms. The van der Waals surface area contributed by atoms with Crippen molar-refractivity contribution < 1.29 is 29.4 Å². The van der Waals surface area contributed by atoms with Crippen molar-refractivity contribution in [1.82, 2.24) is 10.9 Å². The van der Waals surface area contributed by atoms with Gasteiger partial charge in [0, 0.05) is 57.8 Å². The molecule has 0 heterocycles. The van der Waals surface area contributed by atoms with Crippen LogP contribution in [0.25, 0.3) is 0 Å². The van der Waals surface area contributed by atoms with Crippen LogP contribution < -0.4 is 43.0 Å². The van der Waals surface area contributed by atoms with Gasteiger partial charge < -0.3 is 31.5 Å². The number of ketones is 2. The molecule has 0 unspecified atom stereocenters. The van der Waals surface area contributed by atoms with Crippen molar-refractivity contribution >= 4 is 104 Å². The number of hydrazine groups is 2. The normalized spacial score (nSPS) is 11.6. The Morgan fingerprint density at radius 1 is 0.435 bits per heavy atom. The number of allylic oxidation sites excluding steroid dienone is 2.